The molecule has 31 heavy (non-hydrogen) atoms. The highest BCUT2D eigenvalue weighted by atomic mass is 16.5. The highest BCUT2D eigenvalue weighted by Gasteiger charge is 2.26. The van der Waals surface area contributed by atoms with E-state index in [9.17, 15) is 0 Å². The minimum Gasteiger partial charge on any atom is -0.497 e. The van der Waals surface area contributed by atoms with Crippen LogP contribution in [0.5, 0.6) is 11.5 Å². The third kappa shape index (κ3) is 4.01. The maximum absolute atomic E-state index is 5.51. The van der Waals surface area contributed by atoms with E-state index in [1.165, 1.54) is 12.8 Å². The highest BCUT2D eigenvalue weighted by Crippen LogP contribution is 2.38. The summed E-state index contributed by atoms with van der Waals surface area (Å²) in [6.45, 7) is 2.67. The summed E-state index contributed by atoms with van der Waals surface area (Å²) in [4.78, 5) is 11.5. The van der Waals surface area contributed by atoms with E-state index in [1.54, 1.807) is 27.3 Å². The topological polar surface area (TPSA) is 86.4 Å². The molecule has 0 aliphatic heterocycles. The Morgan fingerprint density at radius 2 is 1.74 bits per heavy atom. The molecule has 0 amide bonds. The van der Waals surface area contributed by atoms with Crippen LogP contribution in [-0.4, -0.2) is 40.9 Å². The molecular weight excluding hydrogens is 394 g/mol. The summed E-state index contributed by atoms with van der Waals surface area (Å²) in [5, 5.41) is 7.94. The van der Waals surface area contributed by atoms with Crippen LogP contribution >= 0.6 is 0 Å². The first kappa shape index (κ1) is 19.3. The fraction of sp³-hybridized carbons (Fsp3) is 0.304. The predicted octanol–water partition coefficient (Wildman–Crippen LogP) is 4.55. The van der Waals surface area contributed by atoms with E-state index >= 15 is 0 Å². The molecule has 2 heterocycles. The summed E-state index contributed by atoms with van der Waals surface area (Å²) in [5.74, 6) is 3.04. The van der Waals surface area contributed by atoms with Gasteiger partial charge in [0.2, 0.25) is 5.89 Å². The molecule has 0 bridgehead atoms. The number of hydrogen-bond donors (Lipinski definition) is 0. The molecule has 0 radical (unpaired) electrons. The fourth-order valence-corrected chi connectivity index (χ4v) is 3.54. The van der Waals surface area contributed by atoms with Crippen LogP contribution in [-0.2, 0) is 0 Å². The number of benzene rings is 2. The summed E-state index contributed by atoms with van der Waals surface area (Å²) in [6.07, 6.45) is 4.14. The van der Waals surface area contributed by atoms with Crippen molar-refractivity contribution in [1.82, 2.24) is 20.2 Å². The lowest BCUT2D eigenvalue weighted by atomic mass is 10.2. The summed E-state index contributed by atoms with van der Waals surface area (Å²) >= 11 is 0. The van der Waals surface area contributed by atoms with Crippen LogP contribution in [0.3, 0.4) is 0 Å². The molecule has 0 unspecified atom stereocenters. The lowest BCUT2D eigenvalue weighted by Gasteiger charge is -2.26. The van der Waals surface area contributed by atoms with Crippen LogP contribution in [0.4, 0.5) is 11.4 Å². The number of aryl methyl sites for hydroxylation is 1. The summed E-state index contributed by atoms with van der Waals surface area (Å²) in [6, 6.07) is 12.0. The summed E-state index contributed by atoms with van der Waals surface area (Å²) in [5.41, 5.74) is 4.17. The lowest BCUT2D eigenvalue weighted by molar-refractivity contribution is 0.394. The van der Waals surface area contributed by atoms with Crippen LogP contribution in [0, 0.1) is 12.8 Å². The summed E-state index contributed by atoms with van der Waals surface area (Å²) < 4.78 is 16.5. The van der Waals surface area contributed by atoms with Gasteiger partial charge in [-0.05, 0) is 37.0 Å². The maximum Gasteiger partial charge on any atom is 0.267 e. The normalized spacial score (nSPS) is 13.4. The second-order valence-corrected chi connectivity index (χ2v) is 7.68. The Morgan fingerprint density at radius 3 is 2.39 bits per heavy atom. The molecular formula is C23H23N5O3. The Balaban J connectivity index is 1.58. The number of nitrogens with zero attached hydrogens (tertiary/aromatic N) is 5. The van der Waals surface area contributed by atoms with Crippen LogP contribution in [0.15, 0.2) is 47.0 Å². The van der Waals surface area contributed by atoms with Gasteiger partial charge >= 0.3 is 0 Å². The molecule has 1 fully saturated rings. The average molecular weight is 417 g/mol. The van der Waals surface area contributed by atoms with Gasteiger partial charge < -0.3 is 18.8 Å². The number of hydrogen-bond acceptors (Lipinski definition) is 8. The Hall–Kier alpha value is -3.68. The van der Waals surface area contributed by atoms with E-state index in [4.69, 9.17) is 18.9 Å². The van der Waals surface area contributed by atoms with E-state index in [0.29, 0.717) is 23.4 Å². The van der Waals surface area contributed by atoms with Gasteiger partial charge in [-0.25, -0.2) is 4.98 Å². The van der Waals surface area contributed by atoms with Crippen molar-refractivity contribution in [2.75, 3.05) is 25.7 Å². The quantitative estimate of drug-likeness (QED) is 0.433. The van der Waals surface area contributed by atoms with Gasteiger partial charge in [0.1, 0.15) is 17.2 Å². The molecule has 2 aromatic carbocycles. The Kier molecular flexibility index (Phi) is 4.89. The van der Waals surface area contributed by atoms with Crippen molar-refractivity contribution in [3.63, 3.8) is 0 Å². The second-order valence-electron chi connectivity index (χ2n) is 7.68. The van der Waals surface area contributed by atoms with E-state index in [0.717, 1.165) is 40.5 Å². The first-order valence-electron chi connectivity index (χ1n) is 10.2. The standard InChI is InChI=1S/C23H23N5O3/c1-14-26-27-23(31-14)22-12-24-20-7-6-16(10-21(20)25-22)28(13-15-4-5-15)17-8-18(29-2)11-19(9-17)30-3/h6-12,15H,4-5,13H2,1-3H3. The van der Waals surface area contributed by atoms with Crippen LogP contribution in [0.25, 0.3) is 22.6 Å². The highest BCUT2D eigenvalue weighted by molar-refractivity contribution is 5.82. The third-order valence-electron chi connectivity index (χ3n) is 5.37. The predicted molar refractivity (Wildman–Crippen MR) is 117 cm³/mol. The molecule has 1 saturated carbocycles. The number of aromatic nitrogens is 4. The first-order chi connectivity index (χ1) is 15.1. The van der Waals surface area contributed by atoms with Crippen molar-refractivity contribution in [2.24, 2.45) is 5.92 Å². The van der Waals surface area contributed by atoms with Crippen molar-refractivity contribution < 1.29 is 13.9 Å². The zero-order valence-electron chi connectivity index (χ0n) is 17.7. The van der Waals surface area contributed by atoms with Crippen LogP contribution in [0.1, 0.15) is 18.7 Å². The van der Waals surface area contributed by atoms with Gasteiger partial charge in [0.15, 0.2) is 0 Å². The molecule has 1 aliphatic carbocycles. The maximum atomic E-state index is 5.51. The van der Waals surface area contributed by atoms with E-state index in [-0.39, 0.29) is 0 Å². The molecule has 0 saturated heterocycles. The van der Waals surface area contributed by atoms with Crippen molar-refractivity contribution >= 4 is 22.4 Å². The minimum atomic E-state index is 0.365. The Morgan fingerprint density at radius 1 is 0.968 bits per heavy atom. The van der Waals surface area contributed by atoms with E-state index < -0.39 is 0 Å². The number of rotatable bonds is 7. The van der Waals surface area contributed by atoms with Gasteiger partial charge in [-0.15, -0.1) is 10.2 Å². The van der Waals surface area contributed by atoms with Gasteiger partial charge in [0.25, 0.3) is 5.89 Å². The molecule has 5 rings (SSSR count). The molecule has 8 heteroatoms. The van der Waals surface area contributed by atoms with Gasteiger partial charge in [-0.2, -0.15) is 0 Å². The minimum absolute atomic E-state index is 0.365. The van der Waals surface area contributed by atoms with Crippen LogP contribution < -0.4 is 14.4 Å². The molecule has 1 aliphatic rings. The average Bonchev–Trinajstić information content (AvgIpc) is 3.53. The number of ether oxygens (including phenoxy) is 2. The van der Waals surface area contributed by atoms with E-state index in [2.05, 4.69) is 26.1 Å². The van der Waals surface area contributed by atoms with Crippen molar-refractivity contribution in [1.29, 1.82) is 0 Å². The third-order valence-corrected chi connectivity index (χ3v) is 5.37. The largest absolute Gasteiger partial charge is 0.497 e. The Bertz CT molecular complexity index is 1210. The second kappa shape index (κ2) is 7.86. The van der Waals surface area contributed by atoms with Crippen molar-refractivity contribution in [3.8, 4) is 23.1 Å². The number of fused-ring (bicyclic) bond motifs is 1. The van der Waals surface area contributed by atoms with E-state index in [1.807, 2.05) is 30.3 Å². The fourth-order valence-electron chi connectivity index (χ4n) is 3.54. The first-order valence-corrected chi connectivity index (χ1v) is 10.2. The van der Waals surface area contributed by atoms with Crippen molar-refractivity contribution in [3.05, 3.63) is 48.5 Å². The van der Waals surface area contributed by atoms with Crippen LogP contribution in [0.2, 0.25) is 0 Å². The summed E-state index contributed by atoms with van der Waals surface area (Å²) in [7, 11) is 3.33. The number of methoxy groups -OCH3 is 2. The molecule has 158 valence electrons. The smallest absolute Gasteiger partial charge is 0.267 e. The molecule has 0 spiro atoms. The lowest BCUT2D eigenvalue weighted by Crippen LogP contribution is -2.20. The van der Waals surface area contributed by atoms with Gasteiger partial charge in [0.05, 0.1) is 31.4 Å². The zero-order valence-corrected chi connectivity index (χ0v) is 17.7. The monoisotopic (exact) mass is 417 g/mol. The number of anilines is 2. The Labute approximate surface area is 179 Å². The van der Waals surface area contributed by atoms with Gasteiger partial charge in [0, 0.05) is 43.0 Å². The zero-order chi connectivity index (χ0) is 21.4. The SMILES string of the molecule is COc1cc(OC)cc(N(CC2CC2)c2ccc3ncc(-c4nnc(C)o4)nc3c2)c1. The molecule has 2 aromatic heterocycles. The molecule has 0 N–H and O–H groups in total. The molecule has 4 aromatic rings. The molecule has 0 atom stereocenters. The van der Waals surface area contributed by atoms with Crippen molar-refractivity contribution in [2.45, 2.75) is 19.8 Å². The molecule has 8 nitrogen and oxygen atoms in total. The van der Waals surface area contributed by atoms with Gasteiger partial charge in [-0.1, -0.05) is 0 Å². The van der Waals surface area contributed by atoms with Gasteiger partial charge in [-0.3, -0.25) is 4.98 Å².